The van der Waals surface area contributed by atoms with Crippen molar-refractivity contribution in [1.82, 2.24) is 4.90 Å². The maximum absolute atomic E-state index is 10.7. The highest BCUT2D eigenvalue weighted by Crippen LogP contribution is 2.29. The van der Waals surface area contributed by atoms with Crippen LogP contribution in [0.4, 0.5) is 0 Å². The van der Waals surface area contributed by atoms with E-state index in [1.807, 2.05) is 0 Å². The van der Waals surface area contributed by atoms with E-state index in [1.54, 1.807) is 0 Å². The van der Waals surface area contributed by atoms with E-state index in [2.05, 4.69) is 59.5 Å². The third-order valence-electron chi connectivity index (χ3n) is 6.12. The summed E-state index contributed by atoms with van der Waals surface area (Å²) in [6, 6.07) is 19.5. The molecular weight excluding hydrogens is 334 g/mol. The fourth-order valence-electron chi connectivity index (χ4n) is 4.54. The molecule has 1 N–H and O–H groups in total. The van der Waals surface area contributed by atoms with Gasteiger partial charge in [-0.3, -0.25) is 4.90 Å². The van der Waals surface area contributed by atoms with Crippen LogP contribution < -0.4 is 0 Å². The molecule has 1 aliphatic carbocycles. The minimum Gasteiger partial charge on any atom is -0.389 e. The second-order valence-corrected chi connectivity index (χ2v) is 8.06. The van der Waals surface area contributed by atoms with Gasteiger partial charge >= 0.3 is 0 Å². The van der Waals surface area contributed by atoms with Crippen molar-refractivity contribution >= 4 is 0 Å². The topological polar surface area (TPSA) is 32.7 Å². The molecule has 4 rings (SSSR count). The first-order valence-electron chi connectivity index (χ1n) is 10.4. The SMILES string of the molecule is OC1C(OCc2ccc(Cc3ccccc3)cc2)CCC1N1CCCCC1. The number of hydrogen-bond acceptors (Lipinski definition) is 3. The Morgan fingerprint density at radius 2 is 1.48 bits per heavy atom. The van der Waals surface area contributed by atoms with Crippen molar-refractivity contribution < 1.29 is 9.84 Å². The number of aliphatic hydroxyl groups is 1. The number of hydrogen-bond donors (Lipinski definition) is 1. The number of rotatable bonds is 6. The largest absolute Gasteiger partial charge is 0.389 e. The number of likely N-dealkylation sites (tertiary alicyclic amines) is 1. The maximum Gasteiger partial charge on any atom is 0.0956 e. The predicted octanol–water partition coefficient (Wildman–Crippen LogP) is 4.17. The number of benzene rings is 2. The molecule has 0 bridgehead atoms. The highest BCUT2D eigenvalue weighted by molar-refractivity contribution is 5.28. The lowest BCUT2D eigenvalue weighted by atomic mass is 10.0. The van der Waals surface area contributed by atoms with Crippen LogP contribution in [0.5, 0.6) is 0 Å². The lowest BCUT2D eigenvalue weighted by Crippen LogP contribution is -2.46. The zero-order chi connectivity index (χ0) is 18.5. The van der Waals surface area contributed by atoms with Crippen LogP contribution in [0.15, 0.2) is 54.6 Å². The molecule has 1 heterocycles. The van der Waals surface area contributed by atoms with Crippen LogP contribution in [-0.4, -0.2) is 41.3 Å². The zero-order valence-corrected chi connectivity index (χ0v) is 16.1. The normalized spacial score (nSPS) is 26.3. The standard InChI is InChI=1S/C24H31NO2/c26-24-22(25-15-5-2-6-16-25)13-14-23(24)27-18-21-11-9-20(10-12-21)17-19-7-3-1-4-8-19/h1,3-4,7-12,22-24,26H,2,5-6,13-18H2. The van der Waals surface area contributed by atoms with E-state index >= 15 is 0 Å². The molecule has 3 atom stereocenters. The molecule has 1 aliphatic heterocycles. The van der Waals surface area contributed by atoms with Crippen LogP contribution in [0.1, 0.15) is 48.8 Å². The first-order valence-corrected chi connectivity index (χ1v) is 10.4. The molecular formula is C24H31NO2. The van der Waals surface area contributed by atoms with Gasteiger partial charge in [0.25, 0.3) is 0 Å². The van der Waals surface area contributed by atoms with E-state index < -0.39 is 0 Å². The van der Waals surface area contributed by atoms with Gasteiger partial charge in [0.2, 0.25) is 0 Å². The Morgan fingerprint density at radius 3 is 2.22 bits per heavy atom. The van der Waals surface area contributed by atoms with Crippen LogP contribution >= 0.6 is 0 Å². The van der Waals surface area contributed by atoms with Crippen molar-refractivity contribution in [2.24, 2.45) is 0 Å². The number of aliphatic hydroxyl groups excluding tert-OH is 1. The van der Waals surface area contributed by atoms with Gasteiger partial charge in [-0.25, -0.2) is 0 Å². The Balaban J connectivity index is 1.27. The molecule has 2 aliphatic rings. The van der Waals surface area contributed by atoms with Crippen LogP contribution in [0.25, 0.3) is 0 Å². The summed E-state index contributed by atoms with van der Waals surface area (Å²) in [5.41, 5.74) is 3.83. The minimum absolute atomic E-state index is 0.0269. The molecule has 0 amide bonds. The van der Waals surface area contributed by atoms with E-state index in [-0.39, 0.29) is 12.2 Å². The molecule has 3 nitrogen and oxygen atoms in total. The van der Waals surface area contributed by atoms with Gasteiger partial charge in [0, 0.05) is 6.04 Å². The summed E-state index contributed by atoms with van der Waals surface area (Å²) >= 11 is 0. The molecule has 0 spiro atoms. The van der Waals surface area contributed by atoms with Crippen molar-refractivity contribution in [3.63, 3.8) is 0 Å². The molecule has 0 aromatic heterocycles. The summed E-state index contributed by atoms with van der Waals surface area (Å²) in [5.74, 6) is 0. The highest BCUT2D eigenvalue weighted by atomic mass is 16.5. The molecule has 0 radical (unpaired) electrons. The molecule has 2 fully saturated rings. The third kappa shape index (κ3) is 4.78. The van der Waals surface area contributed by atoms with E-state index in [0.29, 0.717) is 12.6 Å². The van der Waals surface area contributed by atoms with Gasteiger partial charge in [-0.05, 0) is 61.9 Å². The molecule has 2 aromatic rings. The van der Waals surface area contributed by atoms with Gasteiger partial charge in [0.05, 0.1) is 18.8 Å². The Kier molecular flexibility index (Phi) is 6.23. The predicted molar refractivity (Wildman–Crippen MR) is 109 cm³/mol. The van der Waals surface area contributed by atoms with Crippen molar-refractivity contribution in [2.45, 2.75) is 63.4 Å². The van der Waals surface area contributed by atoms with Crippen molar-refractivity contribution in [1.29, 1.82) is 0 Å². The van der Waals surface area contributed by atoms with Crippen LogP contribution in [0.2, 0.25) is 0 Å². The minimum atomic E-state index is -0.347. The van der Waals surface area contributed by atoms with Gasteiger partial charge in [0.15, 0.2) is 0 Å². The monoisotopic (exact) mass is 365 g/mol. The third-order valence-corrected chi connectivity index (χ3v) is 6.12. The second kappa shape index (κ2) is 9.01. The van der Waals surface area contributed by atoms with Crippen LogP contribution in [-0.2, 0) is 17.8 Å². The Hall–Kier alpha value is -1.68. The molecule has 3 heteroatoms. The molecule has 144 valence electrons. The van der Waals surface area contributed by atoms with E-state index in [9.17, 15) is 5.11 Å². The Morgan fingerprint density at radius 1 is 0.815 bits per heavy atom. The van der Waals surface area contributed by atoms with Gasteiger partial charge < -0.3 is 9.84 Å². The summed E-state index contributed by atoms with van der Waals surface area (Å²) in [7, 11) is 0. The average Bonchev–Trinajstić information content (AvgIpc) is 3.09. The molecule has 3 unspecified atom stereocenters. The summed E-state index contributed by atoms with van der Waals surface area (Å²) in [6.45, 7) is 2.86. The van der Waals surface area contributed by atoms with Crippen LogP contribution in [0, 0.1) is 0 Å². The van der Waals surface area contributed by atoms with E-state index in [0.717, 1.165) is 32.4 Å². The summed E-state index contributed by atoms with van der Waals surface area (Å²) in [5, 5.41) is 10.7. The summed E-state index contributed by atoms with van der Waals surface area (Å²) in [6.07, 6.45) is 6.48. The van der Waals surface area contributed by atoms with Crippen molar-refractivity contribution in [3.8, 4) is 0 Å². The number of nitrogens with zero attached hydrogens (tertiary/aromatic N) is 1. The lowest BCUT2D eigenvalue weighted by Gasteiger charge is -2.34. The molecule has 2 aromatic carbocycles. The van der Waals surface area contributed by atoms with E-state index in [1.165, 1.54) is 36.0 Å². The second-order valence-electron chi connectivity index (χ2n) is 8.06. The maximum atomic E-state index is 10.7. The van der Waals surface area contributed by atoms with Gasteiger partial charge in [-0.2, -0.15) is 0 Å². The molecule has 27 heavy (non-hydrogen) atoms. The van der Waals surface area contributed by atoms with Gasteiger partial charge in [-0.15, -0.1) is 0 Å². The van der Waals surface area contributed by atoms with Gasteiger partial charge in [0.1, 0.15) is 0 Å². The molecule has 1 saturated heterocycles. The van der Waals surface area contributed by atoms with Crippen molar-refractivity contribution in [3.05, 3.63) is 71.3 Å². The first kappa shape index (κ1) is 18.7. The smallest absolute Gasteiger partial charge is 0.0956 e. The summed E-state index contributed by atoms with van der Waals surface area (Å²) < 4.78 is 6.10. The highest BCUT2D eigenvalue weighted by Gasteiger charge is 2.39. The fraction of sp³-hybridized carbons (Fsp3) is 0.500. The summed E-state index contributed by atoms with van der Waals surface area (Å²) in [4.78, 5) is 2.48. The lowest BCUT2D eigenvalue weighted by molar-refractivity contribution is -0.0516. The Bertz CT molecular complexity index is 694. The Labute approximate surface area is 163 Å². The van der Waals surface area contributed by atoms with E-state index in [4.69, 9.17) is 4.74 Å². The van der Waals surface area contributed by atoms with Crippen LogP contribution in [0.3, 0.4) is 0 Å². The molecule has 1 saturated carbocycles. The first-order chi connectivity index (χ1) is 13.3. The van der Waals surface area contributed by atoms with Gasteiger partial charge in [-0.1, -0.05) is 61.0 Å². The average molecular weight is 366 g/mol. The quantitative estimate of drug-likeness (QED) is 0.834. The fourth-order valence-corrected chi connectivity index (χ4v) is 4.54. The number of piperidine rings is 1. The zero-order valence-electron chi connectivity index (χ0n) is 16.1. The number of ether oxygens (including phenoxy) is 1. The van der Waals surface area contributed by atoms with Crippen molar-refractivity contribution in [2.75, 3.05) is 13.1 Å².